The average molecular weight is 292 g/mol. The quantitative estimate of drug-likeness (QED) is 0.537. The number of nitrogens with one attached hydrogen (secondary N) is 1. The van der Waals surface area contributed by atoms with Gasteiger partial charge in [0, 0.05) is 12.7 Å². The molecule has 0 atom stereocenters. The van der Waals surface area contributed by atoms with Gasteiger partial charge < -0.3 is 10.1 Å². The topological polar surface area (TPSA) is 126 Å². The molecule has 0 bridgehead atoms. The molecule has 0 aliphatic heterocycles. The van der Waals surface area contributed by atoms with E-state index in [0.717, 1.165) is 5.82 Å². The van der Waals surface area contributed by atoms with Crippen LogP contribution in [0.5, 0.6) is 0 Å². The second-order valence-corrected chi connectivity index (χ2v) is 4.04. The highest BCUT2D eigenvalue weighted by Gasteiger charge is 2.00. The van der Waals surface area contributed by atoms with E-state index in [1.807, 2.05) is 18.2 Å². The van der Waals surface area contributed by atoms with Gasteiger partial charge in [-0.2, -0.15) is 8.42 Å². The first-order valence-corrected chi connectivity index (χ1v) is 6.73. The molecule has 19 heavy (non-hydrogen) atoms. The van der Waals surface area contributed by atoms with E-state index in [1.165, 1.54) is 0 Å². The summed E-state index contributed by atoms with van der Waals surface area (Å²) in [5.74, 6) is 0.590. The molecule has 108 valence electrons. The number of rotatable bonds is 5. The minimum absolute atomic E-state index is 0.184. The van der Waals surface area contributed by atoms with E-state index in [1.54, 1.807) is 13.1 Å². The van der Waals surface area contributed by atoms with Crippen molar-refractivity contribution in [1.29, 1.82) is 0 Å². The van der Waals surface area contributed by atoms with Gasteiger partial charge in [0.2, 0.25) is 0 Å². The lowest BCUT2D eigenvalue weighted by molar-refractivity contribution is -0.142. The molecule has 1 heterocycles. The van der Waals surface area contributed by atoms with E-state index in [2.05, 4.69) is 10.3 Å². The van der Waals surface area contributed by atoms with Crippen molar-refractivity contribution in [2.75, 3.05) is 18.5 Å². The molecule has 1 rings (SSSR count). The van der Waals surface area contributed by atoms with Crippen LogP contribution in [0.2, 0.25) is 0 Å². The molecule has 8 nitrogen and oxygen atoms in total. The number of pyridine rings is 1. The van der Waals surface area contributed by atoms with E-state index in [4.69, 9.17) is 22.3 Å². The molecule has 3 N–H and O–H groups in total. The number of carbonyl (C=O) groups excluding carboxylic acids is 1. The Balaban J connectivity index is 0.000000555. The number of ether oxygens (including phenoxy) is 1. The third kappa shape index (κ3) is 14.2. The Bertz CT molecular complexity index is 454. The molecule has 0 saturated heterocycles. The van der Waals surface area contributed by atoms with Crippen LogP contribution in [-0.2, 0) is 19.9 Å². The van der Waals surface area contributed by atoms with Crippen LogP contribution in [0.4, 0.5) is 5.82 Å². The summed E-state index contributed by atoms with van der Waals surface area (Å²) in [6.07, 6.45) is 2.07. The molecule has 9 heteroatoms. The second-order valence-electron chi connectivity index (χ2n) is 3.14. The fraction of sp³-hybridized carbons (Fsp3) is 0.400. The number of carbonyl (C=O) groups is 1. The molecule has 1 aromatic heterocycles. The molecule has 0 aromatic carbocycles. The van der Waals surface area contributed by atoms with Gasteiger partial charge in [-0.3, -0.25) is 13.9 Å². The number of hydrogen-bond donors (Lipinski definition) is 3. The number of esters is 1. The smallest absolute Gasteiger partial charge is 0.394 e. The number of nitrogens with zero attached hydrogens (tertiary/aromatic N) is 1. The van der Waals surface area contributed by atoms with Crippen LogP contribution in [0.25, 0.3) is 0 Å². The summed E-state index contributed by atoms with van der Waals surface area (Å²) in [6, 6.07) is 5.58. The molecular weight excluding hydrogens is 276 g/mol. The van der Waals surface area contributed by atoms with Crippen molar-refractivity contribution in [3.8, 4) is 0 Å². The van der Waals surface area contributed by atoms with Gasteiger partial charge in [0.15, 0.2) is 0 Å². The van der Waals surface area contributed by atoms with E-state index in [-0.39, 0.29) is 5.97 Å². The van der Waals surface area contributed by atoms with Crippen LogP contribution in [0.1, 0.15) is 13.3 Å². The highest BCUT2D eigenvalue weighted by molar-refractivity contribution is 7.79. The van der Waals surface area contributed by atoms with Crippen LogP contribution >= 0.6 is 0 Å². The molecule has 0 spiro atoms. The van der Waals surface area contributed by atoms with Crippen LogP contribution in [0.15, 0.2) is 24.4 Å². The van der Waals surface area contributed by atoms with E-state index in [0.29, 0.717) is 19.6 Å². The summed E-state index contributed by atoms with van der Waals surface area (Å²) in [5, 5.41) is 3.02. The van der Waals surface area contributed by atoms with E-state index in [9.17, 15) is 4.79 Å². The third-order valence-electron chi connectivity index (χ3n) is 1.61. The van der Waals surface area contributed by atoms with Crippen LogP contribution in [-0.4, -0.2) is 41.6 Å². The normalized spacial score (nSPS) is 10.1. The van der Waals surface area contributed by atoms with Gasteiger partial charge in [-0.15, -0.1) is 0 Å². The maximum Gasteiger partial charge on any atom is 0.394 e. The van der Waals surface area contributed by atoms with Crippen molar-refractivity contribution in [3.05, 3.63) is 24.4 Å². The molecule has 0 amide bonds. The summed E-state index contributed by atoms with van der Waals surface area (Å²) < 4.78 is 36.4. The van der Waals surface area contributed by atoms with Gasteiger partial charge in [0.25, 0.3) is 0 Å². The maximum atomic E-state index is 11.0. The Labute approximate surface area is 111 Å². The Kier molecular flexibility index (Phi) is 8.42. The summed E-state index contributed by atoms with van der Waals surface area (Å²) in [4.78, 5) is 15.0. The first-order chi connectivity index (χ1) is 8.83. The van der Waals surface area contributed by atoms with Crippen LogP contribution in [0, 0.1) is 0 Å². The lowest BCUT2D eigenvalue weighted by atomic mass is 10.4. The SMILES string of the molecule is CCOC(=O)CCNc1ccccn1.O=S(=O)(O)O. The van der Waals surface area contributed by atoms with Crippen LogP contribution < -0.4 is 5.32 Å². The van der Waals surface area contributed by atoms with E-state index >= 15 is 0 Å². The summed E-state index contributed by atoms with van der Waals surface area (Å²) >= 11 is 0. The predicted octanol–water partition coefficient (Wildman–Crippen LogP) is 0.794. The summed E-state index contributed by atoms with van der Waals surface area (Å²) in [7, 11) is -4.67. The van der Waals surface area contributed by atoms with Gasteiger partial charge in [0.05, 0.1) is 13.0 Å². The highest BCUT2D eigenvalue weighted by atomic mass is 32.3. The van der Waals surface area contributed by atoms with Gasteiger partial charge in [-0.1, -0.05) is 6.07 Å². The molecule has 0 fully saturated rings. The van der Waals surface area contributed by atoms with Gasteiger partial charge in [-0.05, 0) is 19.1 Å². The van der Waals surface area contributed by atoms with E-state index < -0.39 is 10.4 Å². The monoisotopic (exact) mass is 292 g/mol. The lowest BCUT2D eigenvalue weighted by Gasteiger charge is -2.04. The first-order valence-electron chi connectivity index (χ1n) is 5.33. The molecule has 0 saturated carbocycles. The Morgan fingerprint density at radius 1 is 1.42 bits per heavy atom. The minimum atomic E-state index is -4.67. The van der Waals surface area contributed by atoms with Crippen molar-refractivity contribution in [3.63, 3.8) is 0 Å². The molecule has 1 aromatic rings. The lowest BCUT2D eigenvalue weighted by Crippen LogP contribution is -2.11. The third-order valence-corrected chi connectivity index (χ3v) is 1.61. The van der Waals surface area contributed by atoms with Crippen molar-refractivity contribution in [2.45, 2.75) is 13.3 Å². The van der Waals surface area contributed by atoms with Crippen molar-refractivity contribution < 1.29 is 27.1 Å². The molecule has 0 aliphatic rings. The van der Waals surface area contributed by atoms with Crippen molar-refractivity contribution in [2.24, 2.45) is 0 Å². The highest BCUT2D eigenvalue weighted by Crippen LogP contribution is 1.99. The summed E-state index contributed by atoms with van der Waals surface area (Å²) in [6.45, 7) is 2.78. The molecule has 0 radical (unpaired) electrons. The first kappa shape index (κ1) is 17.3. The fourth-order valence-electron chi connectivity index (χ4n) is 0.993. The minimum Gasteiger partial charge on any atom is -0.466 e. The predicted molar refractivity (Wildman–Crippen MR) is 68.2 cm³/mol. The Morgan fingerprint density at radius 2 is 2.05 bits per heavy atom. The number of anilines is 1. The number of aromatic nitrogens is 1. The van der Waals surface area contributed by atoms with Gasteiger partial charge >= 0.3 is 16.4 Å². The zero-order chi connectivity index (χ0) is 14.7. The van der Waals surface area contributed by atoms with Gasteiger partial charge in [0.1, 0.15) is 5.82 Å². The largest absolute Gasteiger partial charge is 0.466 e. The van der Waals surface area contributed by atoms with Gasteiger partial charge in [-0.25, -0.2) is 4.98 Å². The zero-order valence-corrected chi connectivity index (χ0v) is 11.1. The van der Waals surface area contributed by atoms with Crippen LogP contribution in [0.3, 0.4) is 0 Å². The standard InChI is InChI=1S/C10H14N2O2.H2O4S/c1-2-14-10(13)6-8-12-9-5-3-4-7-11-9;1-5(2,3)4/h3-5,7H,2,6,8H2,1H3,(H,11,12);(H2,1,2,3,4). The van der Waals surface area contributed by atoms with Crippen molar-refractivity contribution in [1.82, 2.24) is 4.98 Å². The maximum absolute atomic E-state index is 11.0. The fourth-order valence-corrected chi connectivity index (χ4v) is 0.993. The Hall–Kier alpha value is -1.71. The average Bonchev–Trinajstić information content (AvgIpc) is 2.28. The molecule has 0 aliphatic carbocycles. The molecular formula is C10H16N2O6S. The number of hydrogen-bond acceptors (Lipinski definition) is 6. The Morgan fingerprint density at radius 3 is 2.53 bits per heavy atom. The summed E-state index contributed by atoms with van der Waals surface area (Å²) in [5.41, 5.74) is 0. The van der Waals surface area contributed by atoms with Crippen molar-refractivity contribution >= 4 is 22.2 Å². The zero-order valence-electron chi connectivity index (χ0n) is 10.3. The molecule has 0 unspecified atom stereocenters. The second kappa shape index (κ2) is 9.25.